The summed E-state index contributed by atoms with van der Waals surface area (Å²) in [7, 11) is 0. The second kappa shape index (κ2) is 15.3. The largest absolute Gasteiger partial charge is 0.573 e. The first-order valence-corrected chi connectivity index (χ1v) is 20.9. The van der Waals surface area contributed by atoms with E-state index in [-0.39, 0.29) is 17.6 Å². The Kier molecular flexibility index (Phi) is 10.0. The number of aromatic nitrogens is 2. The molecule has 6 aromatic rings. The zero-order valence-electron chi connectivity index (χ0n) is 32.0. The average molecular weight is 819 g/mol. The molecule has 0 spiro atoms. The molecule has 1 aliphatic heterocycles. The molecule has 0 saturated heterocycles. The van der Waals surface area contributed by atoms with Crippen molar-refractivity contribution in [2.75, 3.05) is 5.32 Å². The minimum absolute atomic E-state index is 0.267. The maximum Gasteiger partial charge on any atom is 0.573 e. The third kappa shape index (κ3) is 7.59. The third-order valence-electron chi connectivity index (χ3n) is 12.0. The molecule has 302 valence electrons. The van der Waals surface area contributed by atoms with Gasteiger partial charge in [0.25, 0.3) is 5.91 Å². The van der Waals surface area contributed by atoms with Crippen molar-refractivity contribution in [1.29, 1.82) is 0 Å². The number of nitrogens with zero attached hydrogens (tertiary/aromatic N) is 2. The normalized spacial score (nSPS) is 16.6. The predicted molar refractivity (Wildman–Crippen MR) is 223 cm³/mol. The number of benzene rings is 3. The first kappa shape index (κ1) is 38.6. The summed E-state index contributed by atoms with van der Waals surface area (Å²) in [4.78, 5) is 44.2. The van der Waals surface area contributed by atoms with Crippen LogP contribution in [-0.4, -0.2) is 44.3 Å². The standard InChI is InChI=1S/C46H41F3N4O5S/c47-46(48,49)58-31-10-4-9-29(25-31)35-19-17-33-32-11-5-24-53-37-26-38(59-42(37)40(28-7-2-1-3-8-28)41(53)34(32)18-20-36(33)51-35)43(56)52-45(22-6-23-45)44(57)50-30-15-12-27(13-16-30)14-21-39(54)55/h4,9-10,12-21,25-26,28H,1-3,5-8,11,22-24H2,(H,50,57)(H,52,56)(H,54,55). The number of alkyl halides is 3. The first-order chi connectivity index (χ1) is 28.4. The number of fused-ring (bicyclic) bond motifs is 7. The van der Waals surface area contributed by atoms with Crippen LogP contribution in [0.4, 0.5) is 18.9 Å². The highest BCUT2D eigenvalue weighted by atomic mass is 32.1. The number of anilines is 1. The fourth-order valence-electron chi connectivity index (χ4n) is 9.05. The zero-order chi connectivity index (χ0) is 40.9. The second-order valence-electron chi connectivity index (χ2n) is 15.7. The highest BCUT2D eigenvalue weighted by molar-refractivity contribution is 7.21. The van der Waals surface area contributed by atoms with Gasteiger partial charge in [-0.1, -0.05) is 55.7 Å². The van der Waals surface area contributed by atoms with E-state index in [4.69, 9.17) is 10.1 Å². The summed E-state index contributed by atoms with van der Waals surface area (Å²) in [6.45, 7) is 0.765. The molecule has 9 rings (SSSR count). The van der Waals surface area contributed by atoms with Crippen LogP contribution in [0.2, 0.25) is 0 Å². The van der Waals surface area contributed by atoms with Gasteiger partial charge in [0.1, 0.15) is 11.3 Å². The van der Waals surface area contributed by atoms with Gasteiger partial charge in [0.05, 0.1) is 32.0 Å². The van der Waals surface area contributed by atoms with Gasteiger partial charge in [-0.25, -0.2) is 9.78 Å². The molecule has 3 aromatic heterocycles. The molecule has 0 radical (unpaired) electrons. The molecule has 3 aromatic carbocycles. The number of hydrogen-bond donors (Lipinski definition) is 3. The maximum atomic E-state index is 14.1. The van der Waals surface area contributed by atoms with Gasteiger partial charge in [0.2, 0.25) is 5.91 Å². The number of thiophene rings is 1. The van der Waals surface area contributed by atoms with Crippen molar-refractivity contribution in [3.05, 3.63) is 107 Å². The molecular weight excluding hydrogens is 778 g/mol. The molecule has 0 unspecified atom stereocenters. The number of carbonyl (C=O) groups excluding carboxylic acids is 2. The third-order valence-corrected chi connectivity index (χ3v) is 13.2. The number of aryl methyl sites for hydroxylation is 2. The van der Waals surface area contributed by atoms with Crippen LogP contribution in [0.3, 0.4) is 0 Å². The molecule has 59 heavy (non-hydrogen) atoms. The molecule has 3 aliphatic rings. The van der Waals surface area contributed by atoms with Crippen molar-refractivity contribution >= 4 is 62.0 Å². The molecule has 3 N–H and O–H groups in total. The van der Waals surface area contributed by atoms with Crippen molar-refractivity contribution in [3.63, 3.8) is 0 Å². The topological polar surface area (TPSA) is 123 Å². The smallest absolute Gasteiger partial charge is 0.478 e. The molecule has 4 heterocycles. The fraction of sp³-hybridized carbons (Fsp3) is 0.304. The van der Waals surface area contributed by atoms with Crippen molar-refractivity contribution in [1.82, 2.24) is 14.9 Å². The van der Waals surface area contributed by atoms with Gasteiger partial charge < -0.3 is 25.0 Å². The quantitative estimate of drug-likeness (QED) is 0.125. The van der Waals surface area contributed by atoms with E-state index < -0.39 is 17.9 Å². The van der Waals surface area contributed by atoms with E-state index in [1.807, 2.05) is 24.3 Å². The van der Waals surface area contributed by atoms with Crippen LogP contribution in [0.15, 0.2) is 84.9 Å². The summed E-state index contributed by atoms with van der Waals surface area (Å²) in [5.74, 6) is -1.55. The van der Waals surface area contributed by atoms with Gasteiger partial charge in [0.15, 0.2) is 0 Å². The van der Waals surface area contributed by atoms with Gasteiger partial charge in [-0.2, -0.15) is 0 Å². The number of ether oxygens (including phenoxy) is 1. The Morgan fingerprint density at radius 3 is 2.46 bits per heavy atom. The lowest BCUT2D eigenvalue weighted by Gasteiger charge is -2.40. The van der Waals surface area contributed by atoms with Gasteiger partial charge in [-0.15, -0.1) is 24.5 Å². The van der Waals surface area contributed by atoms with Crippen molar-refractivity contribution < 1.29 is 37.4 Å². The Bertz CT molecular complexity index is 2650. The maximum absolute atomic E-state index is 14.1. The van der Waals surface area contributed by atoms with Crippen molar-refractivity contribution in [3.8, 4) is 28.3 Å². The number of rotatable bonds is 9. The van der Waals surface area contributed by atoms with E-state index in [0.717, 1.165) is 84.2 Å². The number of hydrogen-bond acceptors (Lipinski definition) is 6. The zero-order valence-corrected chi connectivity index (χ0v) is 32.8. The summed E-state index contributed by atoms with van der Waals surface area (Å²) in [5.41, 5.74) is 7.92. The number of aliphatic carboxylic acids is 1. The minimum Gasteiger partial charge on any atom is -0.478 e. The number of amides is 2. The van der Waals surface area contributed by atoms with E-state index in [1.54, 1.807) is 30.3 Å². The Balaban J connectivity index is 1.03. The molecule has 0 atom stereocenters. The summed E-state index contributed by atoms with van der Waals surface area (Å²) in [6, 6.07) is 22.8. The molecule has 13 heteroatoms. The van der Waals surface area contributed by atoms with Crippen molar-refractivity contribution in [2.45, 2.75) is 88.6 Å². The van der Waals surface area contributed by atoms with Crippen LogP contribution < -0.4 is 15.4 Å². The number of carboxylic acid groups (broad SMARTS) is 1. The molecule has 2 aliphatic carbocycles. The van der Waals surface area contributed by atoms with E-state index in [0.29, 0.717) is 46.1 Å². The highest BCUT2D eigenvalue weighted by Gasteiger charge is 2.46. The van der Waals surface area contributed by atoms with Crippen LogP contribution in [0.1, 0.15) is 90.1 Å². The monoisotopic (exact) mass is 818 g/mol. The highest BCUT2D eigenvalue weighted by Crippen LogP contribution is 2.49. The second-order valence-corrected chi connectivity index (χ2v) is 16.8. The predicted octanol–water partition coefficient (Wildman–Crippen LogP) is 10.9. The van der Waals surface area contributed by atoms with Gasteiger partial charge in [-0.3, -0.25) is 9.59 Å². The summed E-state index contributed by atoms with van der Waals surface area (Å²) in [6.07, 6.45) is 6.90. The van der Waals surface area contributed by atoms with Crippen LogP contribution >= 0.6 is 11.3 Å². The van der Waals surface area contributed by atoms with Crippen LogP contribution in [0.5, 0.6) is 5.75 Å². The fourth-order valence-corrected chi connectivity index (χ4v) is 10.2. The Labute approximate surface area is 341 Å². The number of carboxylic acids is 1. The number of halogens is 3. The summed E-state index contributed by atoms with van der Waals surface area (Å²) < 4.78 is 46.5. The Morgan fingerprint density at radius 2 is 1.73 bits per heavy atom. The number of pyridine rings is 1. The number of carbonyl (C=O) groups is 3. The molecule has 2 fully saturated rings. The lowest BCUT2D eigenvalue weighted by atomic mass is 9.75. The van der Waals surface area contributed by atoms with Gasteiger partial charge in [-0.05, 0) is 116 Å². The molecule has 0 bridgehead atoms. The SMILES string of the molecule is O=C(O)C=Cc1ccc(NC(=O)C2(NC(=O)c3cc4c(s3)c(C3CCCCC3)c3n4CCCc4c-3ccc3nc(-c5cccc(OC(F)(F)F)c5)ccc43)CCC2)cc1. The lowest BCUT2D eigenvalue weighted by molar-refractivity contribution is -0.274. The van der Waals surface area contributed by atoms with Crippen LogP contribution in [0, 0.1) is 0 Å². The molecule has 9 nitrogen and oxygen atoms in total. The average Bonchev–Trinajstić information content (AvgIpc) is 3.70. The van der Waals surface area contributed by atoms with Crippen LogP contribution in [0.25, 0.3) is 49.7 Å². The first-order valence-electron chi connectivity index (χ1n) is 20.0. The molecular formula is C46H41F3N4O5S. The number of nitrogens with one attached hydrogen (secondary N) is 2. The van der Waals surface area contributed by atoms with E-state index >= 15 is 0 Å². The summed E-state index contributed by atoms with van der Waals surface area (Å²) in [5, 5.41) is 16.0. The lowest BCUT2D eigenvalue weighted by Crippen LogP contribution is -2.61. The van der Waals surface area contributed by atoms with Gasteiger partial charge in [0, 0.05) is 34.8 Å². The Hall–Kier alpha value is -5.95. The van der Waals surface area contributed by atoms with Crippen molar-refractivity contribution in [2.24, 2.45) is 0 Å². The van der Waals surface area contributed by atoms with E-state index in [1.165, 1.54) is 58.9 Å². The van der Waals surface area contributed by atoms with E-state index in [2.05, 4.69) is 26.0 Å². The molecule has 2 amide bonds. The summed E-state index contributed by atoms with van der Waals surface area (Å²) >= 11 is 1.50. The molecule has 2 saturated carbocycles. The minimum atomic E-state index is -4.79. The van der Waals surface area contributed by atoms with Crippen LogP contribution in [-0.2, 0) is 22.6 Å². The van der Waals surface area contributed by atoms with E-state index in [9.17, 15) is 27.6 Å². The van der Waals surface area contributed by atoms with Gasteiger partial charge >= 0.3 is 12.3 Å². The Morgan fingerprint density at radius 1 is 0.932 bits per heavy atom.